The van der Waals surface area contributed by atoms with Gasteiger partial charge in [0.1, 0.15) is 0 Å². The van der Waals surface area contributed by atoms with Gasteiger partial charge in [-0.25, -0.2) is 48.9 Å². The fraction of sp³-hybridized carbons (Fsp3) is 0. The number of hydrogen-bond donors (Lipinski definition) is 3. The number of fused-ring (bicyclic) bond motifs is 9. The second-order valence-corrected chi connectivity index (χ2v) is 11.9. The number of nitrogens with zero attached hydrogens (tertiary/aromatic N) is 2. The maximum absolute atomic E-state index is 15.5. The van der Waals surface area contributed by atoms with E-state index in [9.17, 15) is 36.5 Å². The van der Waals surface area contributed by atoms with Gasteiger partial charge in [-0.1, -0.05) is 12.1 Å². The molecule has 7 aromatic rings. The summed E-state index contributed by atoms with van der Waals surface area (Å²) >= 11 is 0. The predicted molar refractivity (Wildman–Crippen MR) is 178 cm³/mol. The molecule has 0 saturated carbocycles. The number of hydrogen-bond acceptors (Lipinski definition) is 3. The molecule has 7 nitrogen and oxygen atoms in total. The van der Waals surface area contributed by atoms with Crippen LogP contribution in [0.5, 0.6) is 0 Å². The van der Waals surface area contributed by atoms with Gasteiger partial charge in [-0.15, -0.1) is 0 Å². The van der Waals surface area contributed by atoms with Gasteiger partial charge in [0, 0.05) is 50.3 Å². The molecule has 3 N–H and O–H groups in total. The van der Waals surface area contributed by atoms with Gasteiger partial charge in [0.25, 0.3) is 5.69 Å². The van der Waals surface area contributed by atoms with E-state index in [1.807, 2.05) is 0 Å². The Labute approximate surface area is 293 Å². The number of aromatic nitrogens is 4. The first-order valence-corrected chi connectivity index (χ1v) is 15.4. The molecule has 3 aromatic carbocycles. The standard InChI is InChI=1S/C37H15F10N5O2/c38-28-26(29(39)33(43)36(46)32(28)42)24-18-7-5-14(48-18)15-6-8-19(49-15)25(27-30(40)34(44)37(47)35(45)31(27)41)21-12-10-17(51-21)23(16-9-11-20(24)50-16)13-3-1-2-4-22(13)52(53)54/h1-12,48,50-51H. The van der Waals surface area contributed by atoms with E-state index in [0.29, 0.717) is 0 Å². The topological polar surface area (TPSA) is 103 Å². The molecule has 1 aliphatic heterocycles. The first-order valence-electron chi connectivity index (χ1n) is 15.4. The Kier molecular flexibility index (Phi) is 7.82. The van der Waals surface area contributed by atoms with Crippen LogP contribution in [0.4, 0.5) is 49.6 Å². The second-order valence-electron chi connectivity index (χ2n) is 11.9. The second kappa shape index (κ2) is 12.4. The molecule has 1 aliphatic rings. The van der Waals surface area contributed by atoms with E-state index in [2.05, 4.69) is 19.9 Å². The summed E-state index contributed by atoms with van der Waals surface area (Å²) in [5.41, 5.74) is -5.81. The van der Waals surface area contributed by atoms with Crippen molar-refractivity contribution in [1.29, 1.82) is 0 Å². The third-order valence-corrected chi connectivity index (χ3v) is 8.87. The summed E-state index contributed by atoms with van der Waals surface area (Å²) in [5, 5.41) is 12.2. The molecule has 0 radical (unpaired) electrons. The molecule has 17 heteroatoms. The Morgan fingerprint density at radius 3 is 1.30 bits per heavy atom. The van der Waals surface area contributed by atoms with Gasteiger partial charge in [0.2, 0.25) is 11.6 Å². The van der Waals surface area contributed by atoms with Crippen LogP contribution in [-0.2, 0) is 0 Å². The maximum atomic E-state index is 15.5. The van der Waals surface area contributed by atoms with Crippen LogP contribution in [0.3, 0.4) is 0 Å². The van der Waals surface area contributed by atoms with Crippen molar-refractivity contribution in [2.24, 2.45) is 0 Å². The lowest BCUT2D eigenvalue weighted by atomic mass is 10.0. The van der Waals surface area contributed by atoms with Crippen LogP contribution in [0.15, 0.2) is 60.7 Å². The fourth-order valence-corrected chi connectivity index (χ4v) is 6.46. The van der Waals surface area contributed by atoms with E-state index in [1.165, 1.54) is 66.7 Å². The third-order valence-electron chi connectivity index (χ3n) is 8.87. The van der Waals surface area contributed by atoms with E-state index >= 15 is 17.6 Å². The summed E-state index contributed by atoms with van der Waals surface area (Å²) in [7, 11) is 0. The molecule has 5 heterocycles. The summed E-state index contributed by atoms with van der Waals surface area (Å²) in [4.78, 5) is 24.3. The molecule has 0 unspecified atom stereocenters. The summed E-state index contributed by atoms with van der Waals surface area (Å²) in [6.45, 7) is 0. The number of aromatic amines is 3. The minimum Gasteiger partial charge on any atom is -0.354 e. The highest BCUT2D eigenvalue weighted by molar-refractivity contribution is 6.01. The number of para-hydroxylation sites is 1. The Bertz CT molecular complexity index is 2890. The first-order chi connectivity index (χ1) is 25.8. The molecule has 54 heavy (non-hydrogen) atoms. The van der Waals surface area contributed by atoms with E-state index in [-0.39, 0.29) is 55.6 Å². The SMILES string of the molecule is O=[N+]([O-])c1ccccc1-c1c2ccc([nH]2)c(-c2c(F)c(F)c(F)c(F)c2F)c2nc(c3ccc([nH]3)c(-c3c(F)c(F)c(F)c(F)c3F)c3ccc1[nH]3)C=C2. The molecular formula is C37H15F10N5O2. The Morgan fingerprint density at radius 2 is 0.796 bits per heavy atom. The van der Waals surface area contributed by atoms with E-state index in [1.54, 1.807) is 0 Å². The zero-order valence-electron chi connectivity index (χ0n) is 26.4. The van der Waals surface area contributed by atoms with Crippen LogP contribution < -0.4 is 0 Å². The number of nitro benzene ring substituents is 1. The van der Waals surface area contributed by atoms with Crippen molar-refractivity contribution in [2.75, 3.05) is 0 Å². The molecule has 0 fully saturated rings. The number of halogens is 10. The van der Waals surface area contributed by atoms with Gasteiger partial charge >= 0.3 is 0 Å². The Balaban J connectivity index is 1.63. The van der Waals surface area contributed by atoms with E-state index in [0.717, 1.165) is 6.07 Å². The molecule has 0 amide bonds. The van der Waals surface area contributed by atoms with Crippen LogP contribution >= 0.6 is 0 Å². The summed E-state index contributed by atoms with van der Waals surface area (Å²) < 4.78 is 149. The largest absolute Gasteiger partial charge is 0.354 e. The lowest BCUT2D eigenvalue weighted by molar-refractivity contribution is -0.384. The number of nitro groups is 1. The number of nitrogens with one attached hydrogen (secondary N) is 3. The van der Waals surface area contributed by atoms with Gasteiger partial charge in [0.15, 0.2) is 46.5 Å². The molecule has 0 saturated heterocycles. The van der Waals surface area contributed by atoms with E-state index in [4.69, 9.17) is 0 Å². The Morgan fingerprint density at radius 1 is 0.426 bits per heavy atom. The Hall–Kier alpha value is -6.91. The van der Waals surface area contributed by atoms with Gasteiger partial charge < -0.3 is 15.0 Å². The van der Waals surface area contributed by atoms with Crippen LogP contribution in [0.25, 0.3) is 78.6 Å². The quantitative estimate of drug-likeness (QED) is 0.0548. The van der Waals surface area contributed by atoms with Gasteiger partial charge in [-0.2, -0.15) is 0 Å². The minimum atomic E-state index is -2.41. The van der Waals surface area contributed by atoms with Crippen molar-refractivity contribution >= 4 is 50.9 Å². The van der Waals surface area contributed by atoms with E-state index < -0.39 is 91.0 Å². The molecule has 0 atom stereocenters. The summed E-state index contributed by atoms with van der Waals surface area (Å²) in [6.07, 6.45) is 2.44. The van der Waals surface area contributed by atoms with Gasteiger partial charge in [-0.05, 0) is 54.6 Å². The van der Waals surface area contributed by atoms with Crippen LogP contribution in [0.1, 0.15) is 11.4 Å². The highest BCUT2D eigenvalue weighted by Crippen LogP contribution is 2.41. The normalized spacial score (nSPS) is 12.0. The van der Waals surface area contributed by atoms with Crippen molar-refractivity contribution in [3.63, 3.8) is 0 Å². The monoisotopic (exact) mass is 751 g/mol. The van der Waals surface area contributed by atoms with Crippen molar-refractivity contribution in [1.82, 2.24) is 19.9 Å². The molecule has 270 valence electrons. The summed E-state index contributed by atoms with van der Waals surface area (Å²) in [5.74, 6) is -22.5. The summed E-state index contributed by atoms with van der Waals surface area (Å²) in [6, 6.07) is 12.7. The van der Waals surface area contributed by atoms with Gasteiger partial charge in [0.05, 0.1) is 38.5 Å². The first kappa shape index (κ1) is 34.2. The highest BCUT2D eigenvalue weighted by Gasteiger charge is 2.31. The van der Waals surface area contributed by atoms with Gasteiger partial charge in [-0.3, -0.25) is 10.1 Å². The zero-order chi connectivity index (χ0) is 38.3. The average molecular weight is 752 g/mol. The molecule has 0 spiro atoms. The fourth-order valence-electron chi connectivity index (χ4n) is 6.46. The highest BCUT2D eigenvalue weighted by atomic mass is 19.2. The van der Waals surface area contributed by atoms with Crippen LogP contribution in [0.2, 0.25) is 0 Å². The van der Waals surface area contributed by atoms with Crippen molar-refractivity contribution < 1.29 is 48.8 Å². The lowest BCUT2D eigenvalue weighted by Gasteiger charge is -2.10. The average Bonchev–Trinajstić information content (AvgIpc) is 4.00. The molecular weight excluding hydrogens is 736 g/mol. The smallest absolute Gasteiger partial charge is 0.277 e. The predicted octanol–water partition coefficient (Wildman–Crippen LogP) is 11.0. The van der Waals surface area contributed by atoms with Crippen LogP contribution in [0, 0.1) is 68.3 Å². The molecule has 4 aromatic heterocycles. The lowest BCUT2D eigenvalue weighted by Crippen LogP contribution is -2.05. The van der Waals surface area contributed by atoms with Crippen LogP contribution in [-0.4, -0.2) is 24.9 Å². The number of benzene rings is 3. The van der Waals surface area contributed by atoms with Crippen molar-refractivity contribution in [2.45, 2.75) is 0 Å². The van der Waals surface area contributed by atoms with Crippen molar-refractivity contribution in [3.05, 3.63) is 140 Å². The molecule has 8 rings (SSSR count). The molecule has 0 aliphatic carbocycles. The minimum absolute atomic E-state index is 0.0235. The number of H-pyrrole nitrogens is 3. The maximum Gasteiger partial charge on any atom is 0.277 e. The molecule has 8 bridgehead atoms. The zero-order valence-corrected chi connectivity index (χ0v) is 26.4. The van der Waals surface area contributed by atoms with Crippen molar-refractivity contribution in [3.8, 4) is 33.4 Å². The third kappa shape index (κ3) is 5.02. The number of rotatable bonds is 4.